The van der Waals surface area contributed by atoms with Gasteiger partial charge in [0, 0.05) is 17.0 Å². The summed E-state index contributed by atoms with van der Waals surface area (Å²) in [7, 11) is 0. The number of hydrogen-bond donors (Lipinski definition) is 1. The smallest absolute Gasteiger partial charge is 0.425 e. The lowest BCUT2D eigenvalue weighted by Gasteiger charge is -2.10. The van der Waals surface area contributed by atoms with E-state index in [1.165, 1.54) is 12.1 Å². The summed E-state index contributed by atoms with van der Waals surface area (Å²) in [5.74, 6) is -1.19. The number of rotatable bonds is 5. The second-order valence-electron chi connectivity index (χ2n) is 4.44. The van der Waals surface area contributed by atoms with Gasteiger partial charge in [0.25, 0.3) is 0 Å². The second kappa shape index (κ2) is 8.84. The van der Waals surface area contributed by atoms with Crippen LogP contribution in [0.1, 0.15) is 41.6 Å². The minimum atomic E-state index is -4.44. The molecule has 1 N–H and O–H groups in total. The first kappa shape index (κ1) is 20.2. The van der Waals surface area contributed by atoms with Gasteiger partial charge in [-0.1, -0.05) is 32.0 Å². The molecular weight excluding hydrogens is 341 g/mol. The molecule has 132 valence electrons. The van der Waals surface area contributed by atoms with Gasteiger partial charge in [-0.2, -0.15) is 13.2 Å². The monoisotopic (exact) mass is 360 g/mol. The van der Waals surface area contributed by atoms with Crippen molar-refractivity contribution in [1.82, 2.24) is 0 Å². The maximum atomic E-state index is 12.7. The lowest BCUT2D eigenvalue weighted by atomic mass is 10.0. The first-order valence-corrected chi connectivity index (χ1v) is 8.26. The summed E-state index contributed by atoms with van der Waals surface area (Å²) in [5, 5.41) is 9.40. The first-order chi connectivity index (χ1) is 11.3. The Morgan fingerprint density at radius 1 is 1.21 bits per heavy atom. The van der Waals surface area contributed by atoms with Crippen molar-refractivity contribution in [3.05, 3.63) is 46.3 Å². The number of halogens is 3. The Kier molecular flexibility index (Phi) is 7.44. The van der Waals surface area contributed by atoms with E-state index in [2.05, 4.69) is 0 Å². The Hall–Kier alpha value is -1.86. The van der Waals surface area contributed by atoms with Crippen molar-refractivity contribution in [2.45, 2.75) is 33.6 Å². The average molecular weight is 360 g/mol. The van der Waals surface area contributed by atoms with Crippen molar-refractivity contribution >= 4 is 17.3 Å². The summed E-state index contributed by atoms with van der Waals surface area (Å²) >= 11 is 0.528. The topological polar surface area (TPSA) is 46.5 Å². The van der Waals surface area contributed by atoms with Crippen molar-refractivity contribution in [1.29, 1.82) is 0 Å². The van der Waals surface area contributed by atoms with E-state index in [0.29, 0.717) is 23.5 Å². The molecule has 0 aliphatic rings. The minimum absolute atomic E-state index is 0.0217. The Bertz CT molecular complexity index is 678. The average Bonchev–Trinajstić information content (AvgIpc) is 3.04. The van der Waals surface area contributed by atoms with Crippen LogP contribution in [0.3, 0.4) is 0 Å². The van der Waals surface area contributed by atoms with E-state index in [-0.39, 0.29) is 22.6 Å². The van der Waals surface area contributed by atoms with E-state index >= 15 is 0 Å². The van der Waals surface area contributed by atoms with Crippen molar-refractivity contribution in [3.8, 4) is 10.4 Å². The van der Waals surface area contributed by atoms with Crippen LogP contribution in [0.15, 0.2) is 30.3 Å². The molecule has 0 radical (unpaired) electrons. The zero-order chi connectivity index (χ0) is 18.3. The van der Waals surface area contributed by atoms with E-state index < -0.39 is 17.0 Å². The molecular formula is C17H19F3O3S. The van der Waals surface area contributed by atoms with Crippen LogP contribution in [0.4, 0.5) is 13.2 Å². The SMILES string of the molecule is CC.CCOCc1cccc(-c2ccc(C(F)(F)F)s2)c1C(=O)O. The van der Waals surface area contributed by atoms with Gasteiger partial charge in [-0.25, -0.2) is 4.79 Å². The van der Waals surface area contributed by atoms with Crippen molar-refractivity contribution in [3.63, 3.8) is 0 Å². The van der Waals surface area contributed by atoms with Crippen LogP contribution in [0.25, 0.3) is 10.4 Å². The molecule has 0 aliphatic carbocycles. The van der Waals surface area contributed by atoms with Gasteiger partial charge in [-0.05, 0) is 24.6 Å². The highest BCUT2D eigenvalue weighted by Crippen LogP contribution is 2.39. The van der Waals surface area contributed by atoms with Gasteiger partial charge < -0.3 is 9.84 Å². The number of carboxylic acids is 1. The van der Waals surface area contributed by atoms with Crippen LogP contribution in [0.2, 0.25) is 0 Å². The Morgan fingerprint density at radius 3 is 2.38 bits per heavy atom. The standard InChI is InChI=1S/C15H13F3O3S.C2H6/c1-2-21-8-9-4-3-5-10(13(9)14(19)20)11-6-7-12(22-11)15(16,17)18;1-2/h3-7H,2,8H2,1H3,(H,19,20);1-2H3. The van der Waals surface area contributed by atoms with E-state index in [0.717, 1.165) is 6.07 Å². The number of benzene rings is 1. The predicted octanol–water partition coefficient (Wildman–Crippen LogP) is 5.69. The fraction of sp³-hybridized carbons (Fsp3) is 0.353. The van der Waals surface area contributed by atoms with Crippen molar-refractivity contribution in [2.75, 3.05) is 6.61 Å². The normalized spacial score (nSPS) is 10.9. The third-order valence-corrected chi connectivity index (χ3v) is 4.14. The highest BCUT2D eigenvalue weighted by molar-refractivity contribution is 7.15. The maximum Gasteiger partial charge on any atom is 0.425 e. The van der Waals surface area contributed by atoms with Crippen LogP contribution >= 0.6 is 11.3 Å². The molecule has 0 saturated carbocycles. The largest absolute Gasteiger partial charge is 0.478 e. The highest BCUT2D eigenvalue weighted by atomic mass is 32.1. The summed E-state index contributed by atoms with van der Waals surface area (Å²) < 4.78 is 43.3. The molecule has 0 unspecified atom stereocenters. The molecule has 1 aromatic heterocycles. The molecule has 2 rings (SSSR count). The Labute approximate surface area is 142 Å². The van der Waals surface area contributed by atoms with Gasteiger partial charge in [0.05, 0.1) is 12.2 Å². The minimum Gasteiger partial charge on any atom is -0.478 e. The molecule has 0 fully saturated rings. The summed E-state index contributed by atoms with van der Waals surface area (Å²) in [5.41, 5.74) is 0.686. The fourth-order valence-corrected chi connectivity index (χ4v) is 2.93. The first-order valence-electron chi connectivity index (χ1n) is 7.45. The summed E-state index contributed by atoms with van der Waals surface area (Å²) in [4.78, 5) is 11.0. The molecule has 0 saturated heterocycles. The van der Waals surface area contributed by atoms with E-state index in [1.807, 2.05) is 13.8 Å². The Balaban J connectivity index is 0.00000139. The van der Waals surface area contributed by atoms with E-state index in [4.69, 9.17) is 4.74 Å². The lowest BCUT2D eigenvalue weighted by molar-refractivity contribution is -0.134. The molecule has 0 bridgehead atoms. The summed E-state index contributed by atoms with van der Waals surface area (Å²) in [6.07, 6.45) is -4.44. The van der Waals surface area contributed by atoms with Gasteiger partial charge in [-0.3, -0.25) is 0 Å². The number of carbonyl (C=O) groups is 1. The van der Waals surface area contributed by atoms with Gasteiger partial charge in [0.15, 0.2) is 0 Å². The van der Waals surface area contributed by atoms with Crippen molar-refractivity contribution < 1.29 is 27.8 Å². The van der Waals surface area contributed by atoms with Crippen LogP contribution in [0, 0.1) is 0 Å². The number of thiophene rings is 1. The molecule has 0 amide bonds. The number of ether oxygens (including phenoxy) is 1. The molecule has 1 heterocycles. The number of alkyl halides is 3. The zero-order valence-electron chi connectivity index (χ0n) is 13.6. The number of carboxylic acid groups (broad SMARTS) is 1. The van der Waals surface area contributed by atoms with E-state index in [1.54, 1.807) is 19.1 Å². The predicted molar refractivity (Wildman–Crippen MR) is 88.4 cm³/mol. The van der Waals surface area contributed by atoms with Crippen LogP contribution in [0.5, 0.6) is 0 Å². The summed E-state index contributed by atoms with van der Waals surface area (Å²) in [6.45, 7) is 6.29. The number of hydrogen-bond acceptors (Lipinski definition) is 3. The third kappa shape index (κ3) is 4.82. The Morgan fingerprint density at radius 2 is 1.88 bits per heavy atom. The lowest BCUT2D eigenvalue weighted by Crippen LogP contribution is -2.06. The molecule has 0 spiro atoms. The second-order valence-corrected chi connectivity index (χ2v) is 5.53. The molecule has 0 atom stereocenters. The molecule has 3 nitrogen and oxygen atoms in total. The highest BCUT2D eigenvalue weighted by Gasteiger charge is 2.33. The molecule has 0 aliphatic heterocycles. The molecule has 24 heavy (non-hydrogen) atoms. The third-order valence-electron chi connectivity index (χ3n) is 2.98. The van der Waals surface area contributed by atoms with Gasteiger partial charge in [-0.15, -0.1) is 11.3 Å². The quantitative estimate of drug-likeness (QED) is 0.744. The molecule has 2 aromatic rings. The molecule has 1 aromatic carbocycles. The van der Waals surface area contributed by atoms with E-state index in [9.17, 15) is 23.1 Å². The number of aromatic carboxylic acids is 1. The van der Waals surface area contributed by atoms with Gasteiger partial charge in [0.2, 0.25) is 0 Å². The summed E-state index contributed by atoms with van der Waals surface area (Å²) in [6, 6.07) is 6.97. The van der Waals surface area contributed by atoms with Gasteiger partial charge in [0.1, 0.15) is 4.88 Å². The maximum absolute atomic E-state index is 12.7. The van der Waals surface area contributed by atoms with Crippen LogP contribution < -0.4 is 0 Å². The van der Waals surface area contributed by atoms with Crippen LogP contribution in [-0.2, 0) is 17.5 Å². The van der Waals surface area contributed by atoms with Crippen LogP contribution in [-0.4, -0.2) is 17.7 Å². The van der Waals surface area contributed by atoms with Crippen molar-refractivity contribution in [2.24, 2.45) is 0 Å². The zero-order valence-corrected chi connectivity index (χ0v) is 14.4. The molecule has 7 heteroatoms. The van der Waals surface area contributed by atoms with Gasteiger partial charge >= 0.3 is 12.1 Å². The fourth-order valence-electron chi connectivity index (χ4n) is 2.03.